The van der Waals surface area contributed by atoms with Gasteiger partial charge in [-0.05, 0) is 48.8 Å². The van der Waals surface area contributed by atoms with Crippen LogP contribution in [-0.2, 0) is 6.42 Å². The number of alkyl halides is 1. The zero-order valence-electron chi connectivity index (χ0n) is 11.1. The van der Waals surface area contributed by atoms with Crippen molar-refractivity contribution in [3.05, 3.63) is 34.9 Å². The zero-order chi connectivity index (χ0) is 12.3. The SMILES string of the molecule is Cc1ccc(CC(Cl)CC(C)(C)C)cc1C. The monoisotopic (exact) mass is 238 g/mol. The van der Waals surface area contributed by atoms with Crippen molar-refractivity contribution in [2.75, 3.05) is 0 Å². The average molecular weight is 239 g/mol. The van der Waals surface area contributed by atoms with Crippen LogP contribution in [0.5, 0.6) is 0 Å². The highest BCUT2D eigenvalue weighted by Gasteiger charge is 2.17. The van der Waals surface area contributed by atoms with Gasteiger partial charge in [0.25, 0.3) is 0 Å². The summed E-state index contributed by atoms with van der Waals surface area (Å²) in [6.45, 7) is 11.0. The second-order valence-electron chi connectivity index (χ2n) is 5.98. The van der Waals surface area contributed by atoms with Crippen molar-refractivity contribution in [1.82, 2.24) is 0 Å². The average Bonchev–Trinajstić information content (AvgIpc) is 2.08. The van der Waals surface area contributed by atoms with Crippen molar-refractivity contribution in [2.45, 2.75) is 52.8 Å². The highest BCUT2D eigenvalue weighted by molar-refractivity contribution is 6.20. The molecule has 0 nitrogen and oxygen atoms in total. The fourth-order valence-electron chi connectivity index (χ4n) is 1.92. The molecular weight excluding hydrogens is 216 g/mol. The van der Waals surface area contributed by atoms with Crippen LogP contribution in [0.1, 0.15) is 43.9 Å². The maximum absolute atomic E-state index is 6.39. The normalized spacial score (nSPS) is 13.9. The summed E-state index contributed by atoms with van der Waals surface area (Å²) in [5.74, 6) is 0. The maximum atomic E-state index is 6.39. The Labute approximate surface area is 105 Å². The third-order valence-electron chi connectivity index (χ3n) is 2.86. The lowest BCUT2D eigenvalue weighted by Crippen LogP contribution is -2.15. The fourth-order valence-corrected chi connectivity index (χ4v) is 2.56. The van der Waals surface area contributed by atoms with Gasteiger partial charge in [0.2, 0.25) is 0 Å². The van der Waals surface area contributed by atoms with Gasteiger partial charge in [0.05, 0.1) is 0 Å². The summed E-state index contributed by atoms with van der Waals surface area (Å²) in [6.07, 6.45) is 2.03. The van der Waals surface area contributed by atoms with Crippen molar-refractivity contribution >= 4 is 11.6 Å². The first-order valence-corrected chi connectivity index (χ1v) is 6.42. The minimum absolute atomic E-state index is 0.238. The second kappa shape index (κ2) is 5.23. The summed E-state index contributed by atoms with van der Waals surface area (Å²) in [5.41, 5.74) is 4.38. The largest absolute Gasteiger partial charge is 0.123 e. The van der Waals surface area contributed by atoms with Crippen LogP contribution >= 0.6 is 11.6 Å². The number of rotatable bonds is 3. The Morgan fingerprint density at radius 2 is 1.75 bits per heavy atom. The highest BCUT2D eigenvalue weighted by atomic mass is 35.5. The number of hydrogen-bond donors (Lipinski definition) is 0. The number of benzene rings is 1. The molecule has 1 heteroatoms. The van der Waals surface area contributed by atoms with Crippen LogP contribution in [0.3, 0.4) is 0 Å². The molecular formula is C15H23Cl. The van der Waals surface area contributed by atoms with E-state index in [1.54, 1.807) is 0 Å². The lowest BCUT2D eigenvalue weighted by atomic mass is 9.88. The Hall–Kier alpha value is -0.490. The van der Waals surface area contributed by atoms with Crippen molar-refractivity contribution in [1.29, 1.82) is 0 Å². The van der Waals surface area contributed by atoms with Gasteiger partial charge in [-0.25, -0.2) is 0 Å². The Bertz CT molecular complexity index is 347. The van der Waals surface area contributed by atoms with Gasteiger partial charge in [-0.2, -0.15) is 0 Å². The first-order valence-electron chi connectivity index (χ1n) is 5.98. The van der Waals surface area contributed by atoms with Crippen LogP contribution in [0.25, 0.3) is 0 Å². The van der Waals surface area contributed by atoms with Crippen molar-refractivity contribution in [3.8, 4) is 0 Å². The second-order valence-corrected chi connectivity index (χ2v) is 6.60. The molecule has 1 atom stereocenters. The number of aryl methyl sites for hydroxylation is 2. The Balaban J connectivity index is 2.63. The lowest BCUT2D eigenvalue weighted by molar-refractivity contribution is 0.369. The Morgan fingerprint density at radius 1 is 1.12 bits per heavy atom. The van der Waals surface area contributed by atoms with Crippen molar-refractivity contribution < 1.29 is 0 Å². The van der Waals surface area contributed by atoms with Crippen LogP contribution in [0.15, 0.2) is 18.2 Å². The summed E-state index contributed by atoms with van der Waals surface area (Å²) < 4.78 is 0. The minimum Gasteiger partial charge on any atom is -0.123 e. The van der Waals surface area contributed by atoms with E-state index < -0.39 is 0 Å². The van der Waals surface area contributed by atoms with Crippen LogP contribution < -0.4 is 0 Å². The van der Waals surface area contributed by atoms with E-state index in [4.69, 9.17) is 11.6 Å². The Kier molecular flexibility index (Phi) is 4.43. The van der Waals surface area contributed by atoms with E-state index in [1.807, 2.05) is 0 Å². The molecule has 0 aliphatic carbocycles. The summed E-state index contributed by atoms with van der Waals surface area (Å²) in [7, 11) is 0. The third-order valence-corrected chi connectivity index (χ3v) is 3.17. The van der Waals surface area contributed by atoms with Gasteiger partial charge in [0.15, 0.2) is 0 Å². The van der Waals surface area contributed by atoms with E-state index >= 15 is 0 Å². The molecule has 0 fully saturated rings. The Morgan fingerprint density at radius 3 is 2.25 bits per heavy atom. The van der Waals surface area contributed by atoms with Crippen LogP contribution in [0.4, 0.5) is 0 Å². The molecule has 0 radical (unpaired) electrons. The van der Waals surface area contributed by atoms with Gasteiger partial charge in [0.1, 0.15) is 0 Å². The van der Waals surface area contributed by atoms with Crippen LogP contribution in [-0.4, -0.2) is 5.38 Å². The molecule has 90 valence electrons. The molecule has 0 aliphatic heterocycles. The molecule has 1 unspecified atom stereocenters. The summed E-state index contributed by atoms with van der Waals surface area (Å²) in [5, 5.41) is 0.238. The summed E-state index contributed by atoms with van der Waals surface area (Å²) >= 11 is 6.39. The first kappa shape index (κ1) is 13.6. The molecule has 0 spiro atoms. The van der Waals surface area contributed by atoms with Crippen molar-refractivity contribution in [3.63, 3.8) is 0 Å². The molecule has 0 amide bonds. The molecule has 0 aliphatic rings. The van der Waals surface area contributed by atoms with E-state index in [0.29, 0.717) is 5.41 Å². The van der Waals surface area contributed by atoms with E-state index in [-0.39, 0.29) is 5.38 Å². The lowest BCUT2D eigenvalue weighted by Gasteiger charge is -2.22. The molecule has 1 aromatic carbocycles. The van der Waals surface area contributed by atoms with Gasteiger partial charge in [-0.3, -0.25) is 0 Å². The smallest absolute Gasteiger partial charge is 0.0381 e. The van der Waals surface area contributed by atoms with Crippen molar-refractivity contribution in [2.24, 2.45) is 5.41 Å². The van der Waals surface area contributed by atoms with E-state index in [0.717, 1.165) is 12.8 Å². The van der Waals surface area contributed by atoms with Gasteiger partial charge in [-0.1, -0.05) is 39.0 Å². The van der Waals surface area contributed by atoms with Gasteiger partial charge in [0, 0.05) is 5.38 Å². The summed E-state index contributed by atoms with van der Waals surface area (Å²) in [6, 6.07) is 6.64. The van der Waals surface area contributed by atoms with Crippen LogP contribution in [0.2, 0.25) is 0 Å². The van der Waals surface area contributed by atoms with E-state index in [2.05, 4.69) is 52.8 Å². The third kappa shape index (κ3) is 4.57. The highest BCUT2D eigenvalue weighted by Crippen LogP contribution is 2.26. The molecule has 0 bridgehead atoms. The van der Waals surface area contributed by atoms with Gasteiger partial charge in [-0.15, -0.1) is 11.6 Å². The summed E-state index contributed by atoms with van der Waals surface area (Å²) in [4.78, 5) is 0. The molecule has 0 heterocycles. The van der Waals surface area contributed by atoms with Gasteiger partial charge >= 0.3 is 0 Å². The van der Waals surface area contributed by atoms with E-state index in [1.165, 1.54) is 16.7 Å². The fraction of sp³-hybridized carbons (Fsp3) is 0.600. The molecule has 1 aromatic rings. The first-order chi connectivity index (χ1) is 7.28. The number of hydrogen-bond acceptors (Lipinski definition) is 0. The van der Waals surface area contributed by atoms with Crippen LogP contribution in [0, 0.1) is 19.3 Å². The standard InChI is InChI=1S/C15H23Cl/c1-11-6-7-13(8-12(11)2)9-14(16)10-15(3,4)5/h6-8,14H,9-10H2,1-5H3. The molecule has 16 heavy (non-hydrogen) atoms. The number of halogens is 1. The zero-order valence-corrected chi connectivity index (χ0v) is 11.9. The molecule has 0 aromatic heterocycles. The molecule has 0 saturated carbocycles. The predicted octanol–water partition coefficient (Wildman–Crippen LogP) is 4.89. The van der Waals surface area contributed by atoms with E-state index in [9.17, 15) is 0 Å². The molecule has 0 saturated heterocycles. The quantitative estimate of drug-likeness (QED) is 0.658. The molecule has 0 N–H and O–H groups in total. The topological polar surface area (TPSA) is 0 Å². The molecule has 1 rings (SSSR count). The predicted molar refractivity (Wildman–Crippen MR) is 73.3 cm³/mol. The van der Waals surface area contributed by atoms with Gasteiger partial charge < -0.3 is 0 Å². The minimum atomic E-state index is 0.238. The maximum Gasteiger partial charge on any atom is 0.0381 e.